The van der Waals surface area contributed by atoms with Crippen molar-refractivity contribution in [2.45, 2.75) is 25.7 Å². The molecule has 0 aromatic heterocycles. The zero-order valence-corrected chi connectivity index (χ0v) is 11.7. The van der Waals surface area contributed by atoms with Gasteiger partial charge in [0.15, 0.2) is 23.1 Å². The fourth-order valence-corrected chi connectivity index (χ4v) is 2.42. The summed E-state index contributed by atoms with van der Waals surface area (Å²) in [6.45, 7) is 4.07. The van der Waals surface area contributed by atoms with Crippen LogP contribution in [0.3, 0.4) is 0 Å². The Morgan fingerprint density at radius 2 is 2.10 bits per heavy atom. The minimum Gasteiger partial charge on any atom is -0.493 e. The fourth-order valence-electron chi connectivity index (χ4n) is 2.42. The first-order valence-corrected chi connectivity index (χ1v) is 6.25. The molecule has 0 fully saturated rings. The van der Waals surface area contributed by atoms with E-state index in [2.05, 4.69) is 0 Å². The number of carbonyl (C=O) groups is 1. The van der Waals surface area contributed by atoms with Gasteiger partial charge in [-0.3, -0.25) is 4.79 Å². The summed E-state index contributed by atoms with van der Waals surface area (Å²) < 4.78 is 30.1. The smallest absolute Gasteiger partial charge is 0.304 e. The summed E-state index contributed by atoms with van der Waals surface area (Å²) in [5, 5.41) is 9.04. The maximum absolute atomic E-state index is 14.1. The molecule has 0 spiro atoms. The Balaban J connectivity index is 2.65. The van der Waals surface area contributed by atoms with Gasteiger partial charge >= 0.3 is 5.97 Å². The highest BCUT2D eigenvalue weighted by atomic mass is 19.1. The van der Waals surface area contributed by atoms with Crippen LogP contribution < -0.4 is 14.2 Å². The van der Waals surface area contributed by atoms with Crippen LogP contribution >= 0.6 is 0 Å². The molecule has 6 heteroatoms. The van der Waals surface area contributed by atoms with Gasteiger partial charge in [-0.25, -0.2) is 4.39 Å². The van der Waals surface area contributed by atoms with Gasteiger partial charge in [0.25, 0.3) is 0 Å². The Bertz CT molecular complexity index is 539. The summed E-state index contributed by atoms with van der Waals surface area (Å²) in [5.41, 5.74) is -0.471. The molecule has 0 bridgehead atoms. The highest BCUT2D eigenvalue weighted by molar-refractivity contribution is 5.70. The summed E-state index contributed by atoms with van der Waals surface area (Å²) >= 11 is 0. The van der Waals surface area contributed by atoms with Crippen LogP contribution in [0.4, 0.5) is 4.39 Å². The number of hydrogen-bond donors (Lipinski definition) is 1. The number of benzene rings is 1. The molecule has 0 atom stereocenters. The topological polar surface area (TPSA) is 65.0 Å². The molecule has 0 radical (unpaired) electrons. The highest BCUT2D eigenvalue weighted by Crippen LogP contribution is 2.48. The van der Waals surface area contributed by atoms with Crippen molar-refractivity contribution in [2.75, 3.05) is 20.3 Å². The van der Waals surface area contributed by atoms with Gasteiger partial charge in [0.2, 0.25) is 0 Å². The van der Waals surface area contributed by atoms with Gasteiger partial charge < -0.3 is 19.3 Å². The number of ether oxygens (including phenoxy) is 3. The van der Waals surface area contributed by atoms with E-state index in [1.807, 2.05) is 0 Å². The predicted octanol–water partition coefficient (Wildman–Crippen LogP) is 2.36. The highest BCUT2D eigenvalue weighted by Gasteiger charge is 2.36. The van der Waals surface area contributed by atoms with Crippen molar-refractivity contribution in [3.05, 3.63) is 17.4 Å². The van der Waals surface area contributed by atoms with Gasteiger partial charge in [-0.15, -0.1) is 0 Å². The number of halogens is 1. The molecule has 110 valence electrons. The third-order valence-electron chi connectivity index (χ3n) is 3.21. The van der Waals surface area contributed by atoms with Crippen LogP contribution in [0, 0.1) is 5.82 Å². The maximum Gasteiger partial charge on any atom is 0.304 e. The van der Waals surface area contributed by atoms with E-state index in [0.717, 1.165) is 0 Å². The van der Waals surface area contributed by atoms with Gasteiger partial charge in [-0.1, -0.05) is 13.8 Å². The molecule has 0 aliphatic carbocycles. The molecular formula is C14H17FO5. The number of carboxylic acid groups (broad SMARTS) is 1. The molecular weight excluding hydrogens is 267 g/mol. The van der Waals surface area contributed by atoms with E-state index >= 15 is 0 Å². The molecule has 1 heterocycles. The first-order valence-electron chi connectivity index (χ1n) is 6.25. The Labute approximate surface area is 116 Å². The van der Waals surface area contributed by atoms with Crippen molar-refractivity contribution in [3.8, 4) is 17.2 Å². The average molecular weight is 284 g/mol. The standard InChI is InChI=1S/C14H17FO5/c1-14(2,7-10(16)17)11-12(18-3)8(15)6-9-13(11)20-5-4-19-9/h6H,4-5,7H2,1-3H3,(H,16,17). The minimum atomic E-state index is -0.980. The number of methoxy groups -OCH3 is 1. The first-order chi connectivity index (χ1) is 9.36. The monoisotopic (exact) mass is 284 g/mol. The van der Waals surface area contributed by atoms with Crippen LogP contribution in [0.15, 0.2) is 6.07 Å². The van der Waals surface area contributed by atoms with Crippen LogP contribution in [0.5, 0.6) is 17.2 Å². The molecule has 5 nitrogen and oxygen atoms in total. The van der Waals surface area contributed by atoms with Crippen molar-refractivity contribution < 1.29 is 28.5 Å². The Kier molecular flexibility index (Phi) is 3.74. The lowest BCUT2D eigenvalue weighted by molar-refractivity contribution is -0.138. The van der Waals surface area contributed by atoms with Gasteiger partial charge in [-0.05, 0) is 0 Å². The Morgan fingerprint density at radius 1 is 1.45 bits per heavy atom. The summed E-state index contributed by atoms with van der Waals surface area (Å²) in [6, 6.07) is 1.20. The van der Waals surface area contributed by atoms with Crippen LogP contribution in [0.1, 0.15) is 25.8 Å². The lowest BCUT2D eigenvalue weighted by Gasteiger charge is -2.31. The van der Waals surface area contributed by atoms with Crippen LogP contribution in [-0.4, -0.2) is 31.4 Å². The molecule has 1 aliphatic rings. The summed E-state index contributed by atoms with van der Waals surface area (Å²) in [4.78, 5) is 11.0. The average Bonchev–Trinajstić information content (AvgIpc) is 2.35. The Hall–Kier alpha value is -1.98. The second-order valence-corrected chi connectivity index (χ2v) is 5.25. The molecule has 0 saturated carbocycles. The molecule has 1 N–H and O–H groups in total. The number of fused-ring (bicyclic) bond motifs is 1. The number of rotatable bonds is 4. The molecule has 0 saturated heterocycles. The molecule has 1 aromatic rings. The van der Waals surface area contributed by atoms with E-state index in [1.54, 1.807) is 13.8 Å². The second kappa shape index (κ2) is 5.19. The SMILES string of the molecule is COc1c(F)cc2c(c1C(C)(C)CC(=O)O)OCCO2. The summed E-state index contributed by atoms with van der Waals surface area (Å²) in [5.74, 6) is -0.929. The van der Waals surface area contributed by atoms with Crippen molar-refractivity contribution in [3.63, 3.8) is 0 Å². The third-order valence-corrected chi connectivity index (χ3v) is 3.21. The van der Waals surface area contributed by atoms with Crippen LogP contribution in [-0.2, 0) is 10.2 Å². The maximum atomic E-state index is 14.1. The molecule has 1 aromatic carbocycles. The molecule has 20 heavy (non-hydrogen) atoms. The van der Waals surface area contributed by atoms with E-state index < -0.39 is 17.2 Å². The van der Waals surface area contributed by atoms with Crippen molar-refractivity contribution in [2.24, 2.45) is 0 Å². The summed E-state index contributed by atoms with van der Waals surface area (Å²) in [7, 11) is 1.34. The van der Waals surface area contributed by atoms with E-state index in [-0.39, 0.29) is 17.9 Å². The third kappa shape index (κ3) is 2.50. The van der Waals surface area contributed by atoms with Crippen LogP contribution in [0.2, 0.25) is 0 Å². The normalized spacial score (nSPS) is 14.0. The number of carboxylic acids is 1. The largest absolute Gasteiger partial charge is 0.493 e. The van der Waals surface area contributed by atoms with Crippen molar-refractivity contribution >= 4 is 5.97 Å². The van der Waals surface area contributed by atoms with Gasteiger partial charge in [0, 0.05) is 17.0 Å². The number of hydrogen-bond acceptors (Lipinski definition) is 4. The zero-order chi connectivity index (χ0) is 14.9. The summed E-state index contributed by atoms with van der Waals surface area (Å²) in [6.07, 6.45) is -0.178. The van der Waals surface area contributed by atoms with Crippen LogP contribution in [0.25, 0.3) is 0 Å². The van der Waals surface area contributed by atoms with Crippen molar-refractivity contribution in [1.29, 1.82) is 0 Å². The second-order valence-electron chi connectivity index (χ2n) is 5.25. The number of aliphatic carboxylic acids is 1. The first kappa shape index (κ1) is 14.4. The predicted molar refractivity (Wildman–Crippen MR) is 69.2 cm³/mol. The zero-order valence-electron chi connectivity index (χ0n) is 11.7. The molecule has 1 aliphatic heterocycles. The lowest BCUT2D eigenvalue weighted by atomic mass is 9.80. The molecule has 0 unspecified atom stereocenters. The van der Waals surface area contributed by atoms with Gasteiger partial charge in [-0.2, -0.15) is 0 Å². The minimum absolute atomic E-state index is 0.000463. The lowest BCUT2D eigenvalue weighted by Crippen LogP contribution is -2.26. The van der Waals surface area contributed by atoms with E-state index in [9.17, 15) is 9.18 Å². The fraction of sp³-hybridized carbons (Fsp3) is 0.500. The molecule has 2 rings (SSSR count). The van der Waals surface area contributed by atoms with E-state index in [4.69, 9.17) is 19.3 Å². The quantitative estimate of drug-likeness (QED) is 0.919. The molecule has 0 amide bonds. The van der Waals surface area contributed by atoms with Gasteiger partial charge in [0.1, 0.15) is 13.2 Å². The van der Waals surface area contributed by atoms with Gasteiger partial charge in [0.05, 0.1) is 13.5 Å². The van der Waals surface area contributed by atoms with Crippen molar-refractivity contribution in [1.82, 2.24) is 0 Å². The Morgan fingerprint density at radius 3 is 2.70 bits per heavy atom. The van der Waals surface area contributed by atoms with E-state index in [0.29, 0.717) is 24.5 Å². The van der Waals surface area contributed by atoms with E-state index in [1.165, 1.54) is 13.2 Å².